The van der Waals surface area contributed by atoms with Crippen LogP contribution in [0.25, 0.3) is 0 Å². The number of carbonyl (C=O) groups is 1. The van der Waals surface area contributed by atoms with E-state index in [1.165, 1.54) is 0 Å². The fourth-order valence-electron chi connectivity index (χ4n) is 2.64. The first-order valence-corrected chi connectivity index (χ1v) is 5.95. The van der Waals surface area contributed by atoms with Crippen LogP contribution in [0.15, 0.2) is 18.2 Å². The van der Waals surface area contributed by atoms with Gasteiger partial charge in [-0.3, -0.25) is 5.32 Å². The smallest absolute Gasteiger partial charge is 0.412 e. The second-order valence-corrected chi connectivity index (χ2v) is 5.12. The number of ether oxygens (including phenoxy) is 1. The van der Waals surface area contributed by atoms with Gasteiger partial charge in [-0.05, 0) is 25.2 Å². The molecule has 5 heteroatoms. The number of anilines is 1. The highest BCUT2D eigenvalue weighted by Gasteiger charge is 2.46. The third-order valence-corrected chi connectivity index (χ3v) is 3.66. The van der Waals surface area contributed by atoms with Gasteiger partial charge in [0.05, 0.1) is 5.69 Å². The van der Waals surface area contributed by atoms with E-state index in [0.29, 0.717) is 11.6 Å². The molecule has 1 N–H and O–H groups in total. The molecule has 0 aliphatic carbocycles. The second-order valence-electron chi connectivity index (χ2n) is 4.69. The van der Waals surface area contributed by atoms with Crippen molar-refractivity contribution >= 4 is 23.4 Å². The quantitative estimate of drug-likeness (QED) is 0.771. The minimum Gasteiger partial charge on any atom is -0.436 e. The number of amides is 1. The number of hydrogen-bond donors (Lipinski definition) is 1. The molecule has 1 spiro atoms. The van der Waals surface area contributed by atoms with Crippen molar-refractivity contribution in [1.29, 1.82) is 0 Å². The number of halogens is 1. The summed E-state index contributed by atoms with van der Waals surface area (Å²) in [6.45, 7) is 1.63. The van der Waals surface area contributed by atoms with Crippen molar-refractivity contribution in [1.82, 2.24) is 4.90 Å². The molecule has 2 heterocycles. The molecular weight excluding hydrogens is 240 g/mol. The Morgan fingerprint density at radius 2 is 2.35 bits per heavy atom. The van der Waals surface area contributed by atoms with E-state index in [2.05, 4.69) is 10.2 Å². The minimum atomic E-state index is -0.530. The number of carbonyl (C=O) groups excluding carboxylic acids is 1. The molecule has 1 fully saturated rings. The largest absolute Gasteiger partial charge is 0.436 e. The average Bonchev–Trinajstić information content (AvgIpc) is 2.62. The minimum absolute atomic E-state index is 0.380. The molecule has 2 aliphatic rings. The molecule has 1 aromatic rings. The summed E-state index contributed by atoms with van der Waals surface area (Å²) in [6.07, 6.45) is 0.430. The Kier molecular flexibility index (Phi) is 2.31. The van der Waals surface area contributed by atoms with Crippen LogP contribution in [-0.4, -0.2) is 31.1 Å². The lowest BCUT2D eigenvalue weighted by atomic mass is 9.90. The highest BCUT2D eigenvalue weighted by molar-refractivity contribution is 6.30. The maximum atomic E-state index is 11.6. The fourth-order valence-corrected chi connectivity index (χ4v) is 2.81. The molecule has 0 aromatic heterocycles. The number of fused-ring (bicyclic) bond motifs is 2. The molecule has 0 saturated carbocycles. The summed E-state index contributed by atoms with van der Waals surface area (Å²) in [5.41, 5.74) is 1.26. The first-order valence-electron chi connectivity index (χ1n) is 5.58. The molecule has 1 unspecified atom stereocenters. The van der Waals surface area contributed by atoms with Gasteiger partial charge in [0.2, 0.25) is 0 Å². The molecular formula is C12H13ClN2O2. The van der Waals surface area contributed by atoms with Gasteiger partial charge >= 0.3 is 6.09 Å². The van der Waals surface area contributed by atoms with Crippen molar-refractivity contribution in [2.75, 3.05) is 25.5 Å². The van der Waals surface area contributed by atoms with Crippen LogP contribution in [0.3, 0.4) is 0 Å². The first kappa shape index (κ1) is 10.9. The monoisotopic (exact) mass is 252 g/mol. The number of benzene rings is 1. The van der Waals surface area contributed by atoms with Crippen LogP contribution in [0.4, 0.5) is 10.5 Å². The lowest BCUT2D eigenvalue weighted by molar-refractivity contribution is 0.0209. The molecule has 90 valence electrons. The normalized spacial score (nSPS) is 27.8. The van der Waals surface area contributed by atoms with Crippen LogP contribution in [0, 0.1) is 0 Å². The molecule has 2 aliphatic heterocycles. The number of rotatable bonds is 0. The first-order chi connectivity index (χ1) is 8.09. The lowest BCUT2D eigenvalue weighted by Gasteiger charge is -2.35. The molecule has 17 heavy (non-hydrogen) atoms. The van der Waals surface area contributed by atoms with Gasteiger partial charge in [0, 0.05) is 30.1 Å². The van der Waals surface area contributed by atoms with E-state index in [0.717, 1.165) is 24.2 Å². The van der Waals surface area contributed by atoms with Crippen molar-refractivity contribution in [2.45, 2.75) is 12.0 Å². The van der Waals surface area contributed by atoms with Gasteiger partial charge in [-0.2, -0.15) is 0 Å². The zero-order chi connectivity index (χ0) is 12.0. The lowest BCUT2D eigenvalue weighted by Crippen LogP contribution is -2.41. The number of nitrogens with zero attached hydrogens (tertiary/aromatic N) is 1. The van der Waals surface area contributed by atoms with E-state index in [1.54, 1.807) is 6.07 Å². The Bertz CT molecular complexity index is 491. The van der Waals surface area contributed by atoms with Crippen LogP contribution in [0.2, 0.25) is 5.02 Å². The Hall–Kier alpha value is -1.26. The number of likely N-dealkylation sites (tertiary alicyclic amines) is 1. The van der Waals surface area contributed by atoms with Crippen LogP contribution in [-0.2, 0) is 10.3 Å². The van der Waals surface area contributed by atoms with Crippen LogP contribution in [0.1, 0.15) is 12.0 Å². The van der Waals surface area contributed by atoms with E-state index in [-0.39, 0.29) is 6.09 Å². The maximum Gasteiger partial charge on any atom is 0.412 e. The van der Waals surface area contributed by atoms with Crippen LogP contribution < -0.4 is 5.32 Å². The zero-order valence-electron chi connectivity index (χ0n) is 9.50. The Morgan fingerprint density at radius 3 is 3.06 bits per heavy atom. The van der Waals surface area contributed by atoms with Crippen molar-refractivity contribution in [3.63, 3.8) is 0 Å². The third kappa shape index (κ3) is 1.68. The predicted octanol–water partition coefficient (Wildman–Crippen LogP) is 2.43. The van der Waals surface area contributed by atoms with Gasteiger partial charge < -0.3 is 9.64 Å². The average molecular weight is 253 g/mol. The number of hydrogen-bond acceptors (Lipinski definition) is 3. The molecule has 1 saturated heterocycles. The number of likely N-dealkylation sites (N-methyl/N-ethyl adjacent to an activating group) is 1. The summed E-state index contributed by atoms with van der Waals surface area (Å²) < 4.78 is 5.54. The molecule has 0 bridgehead atoms. The SMILES string of the molecule is CN1CCC2(C1)OC(=O)Nc1ccc(Cl)cc12. The summed E-state index contributed by atoms with van der Waals surface area (Å²) in [4.78, 5) is 13.7. The van der Waals surface area contributed by atoms with E-state index in [9.17, 15) is 4.79 Å². The summed E-state index contributed by atoms with van der Waals surface area (Å²) >= 11 is 6.03. The number of nitrogens with one attached hydrogen (secondary N) is 1. The highest BCUT2D eigenvalue weighted by Crippen LogP contribution is 2.43. The van der Waals surface area contributed by atoms with Crippen molar-refractivity contribution in [2.24, 2.45) is 0 Å². The van der Waals surface area contributed by atoms with E-state index in [1.807, 2.05) is 19.2 Å². The Morgan fingerprint density at radius 1 is 1.53 bits per heavy atom. The predicted molar refractivity (Wildman–Crippen MR) is 65.3 cm³/mol. The van der Waals surface area contributed by atoms with Crippen molar-refractivity contribution < 1.29 is 9.53 Å². The van der Waals surface area contributed by atoms with E-state index < -0.39 is 5.60 Å². The maximum absolute atomic E-state index is 11.6. The van der Waals surface area contributed by atoms with E-state index >= 15 is 0 Å². The van der Waals surface area contributed by atoms with Gasteiger partial charge in [-0.25, -0.2) is 4.79 Å². The van der Waals surface area contributed by atoms with Gasteiger partial charge in [-0.1, -0.05) is 11.6 Å². The van der Waals surface area contributed by atoms with Crippen molar-refractivity contribution in [3.05, 3.63) is 28.8 Å². The van der Waals surface area contributed by atoms with Gasteiger partial charge in [0.25, 0.3) is 0 Å². The third-order valence-electron chi connectivity index (χ3n) is 3.42. The van der Waals surface area contributed by atoms with Gasteiger partial charge in [0.1, 0.15) is 0 Å². The Labute approximate surface area is 104 Å². The summed E-state index contributed by atoms with van der Waals surface area (Å²) in [6, 6.07) is 5.49. The van der Waals surface area contributed by atoms with Crippen molar-refractivity contribution in [3.8, 4) is 0 Å². The topological polar surface area (TPSA) is 41.6 Å². The van der Waals surface area contributed by atoms with E-state index in [4.69, 9.17) is 16.3 Å². The summed E-state index contributed by atoms with van der Waals surface area (Å²) in [5, 5.41) is 3.38. The molecule has 3 rings (SSSR count). The summed E-state index contributed by atoms with van der Waals surface area (Å²) in [5.74, 6) is 0. The Balaban J connectivity index is 2.13. The van der Waals surface area contributed by atoms with Gasteiger partial charge in [-0.15, -0.1) is 0 Å². The molecule has 1 atom stereocenters. The molecule has 0 radical (unpaired) electrons. The summed E-state index contributed by atoms with van der Waals surface area (Å²) in [7, 11) is 2.02. The molecule has 1 aromatic carbocycles. The highest BCUT2D eigenvalue weighted by atomic mass is 35.5. The molecule has 1 amide bonds. The fraction of sp³-hybridized carbons (Fsp3) is 0.417. The standard InChI is InChI=1S/C12H13ClN2O2/c1-15-5-4-12(7-15)9-6-8(13)2-3-10(9)14-11(16)17-12/h2-3,6H,4-5,7H2,1H3,(H,14,16). The van der Waals surface area contributed by atoms with Crippen LogP contribution in [0.5, 0.6) is 0 Å². The molecule has 4 nitrogen and oxygen atoms in total. The van der Waals surface area contributed by atoms with Crippen LogP contribution >= 0.6 is 11.6 Å². The second kappa shape index (κ2) is 3.62. The zero-order valence-corrected chi connectivity index (χ0v) is 10.3. The van der Waals surface area contributed by atoms with Gasteiger partial charge in [0.15, 0.2) is 5.60 Å².